The second-order valence-corrected chi connectivity index (χ2v) is 5.11. The Morgan fingerprint density at radius 2 is 2.30 bits per heavy atom. The summed E-state index contributed by atoms with van der Waals surface area (Å²) in [6.07, 6.45) is 0.583. The number of hydrogen-bond acceptors (Lipinski definition) is 6. The van der Waals surface area contributed by atoms with Crippen molar-refractivity contribution in [3.8, 4) is 0 Å². The molecule has 20 heavy (non-hydrogen) atoms. The third-order valence-electron chi connectivity index (χ3n) is 3.37. The van der Waals surface area contributed by atoms with E-state index in [9.17, 15) is 15.2 Å². The molecule has 0 radical (unpaired) electrons. The van der Waals surface area contributed by atoms with Gasteiger partial charge < -0.3 is 20.9 Å². The highest BCUT2D eigenvalue weighted by molar-refractivity contribution is 6.02. The zero-order valence-electron chi connectivity index (χ0n) is 11.0. The van der Waals surface area contributed by atoms with Crippen LogP contribution in [0.15, 0.2) is 23.4 Å². The fourth-order valence-electron chi connectivity index (χ4n) is 2.32. The van der Waals surface area contributed by atoms with Crippen LogP contribution in [0.1, 0.15) is 18.9 Å². The summed E-state index contributed by atoms with van der Waals surface area (Å²) in [6.45, 7) is 2.70. The predicted molar refractivity (Wildman–Crippen MR) is 73.1 cm³/mol. The Kier molecular flexibility index (Phi) is 3.49. The number of hydrogen-bond donors (Lipinski definition) is 3. The summed E-state index contributed by atoms with van der Waals surface area (Å²) < 4.78 is 0. The number of nitrogens with two attached hydrogens (primary N) is 1. The highest BCUT2D eigenvalue weighted by atomic mass is 16.6. The first kappa shape index (κ1) is 14.1. The molecule has 1 aromatic rings. The van der Waals surface area contributed by atoms with Gasteiger partial charge in [-0.3, -0.25) is 10.1 Å². The minimum Gasteiger partial charge on any atom is -0.409 e. The van der Waals surface area contributed by atoms with E-state index < -0.39 is 10.5 Å². The fraction of sp³-hybridized carbons (Fsp3) is 0.417. The maximum Gasteiger partial charge on any atom is 0.270 e. The van der Waals surface area contributed by atoms with Gasteiger partial charge in [0.1, 0.15) is 0 Å². The Hall–Kier alpha value is -2.35. The fourth-order valence-corrected chi connectivity index (χ4v) is 2.32. The third-order valence-corrected chi connectivity index (χ3v) is 3.37. The monoisotopic (exact) mass is 280 g/mol. The van der Waals surface area contributed by atoms with Crippen LogP contribution >= 0.6 is 0 Å². The molecular formula is C12H16N4O4. The van der Waals surface area contributed by atoms with E-state index in [0.29, 0.717) is 25.2 Å². The number of benzene rings is 1. The number of nitrogens with zero attached hydrogens (tertiary/aromatic N) is 3. The second kappa shape index (κ2) is 4.97. The molecule has 0 aliphatic carbocycles. The van der Waals surface area contributed by atoms with Crippen LogP contribution in [0, 0.1) is 10.1 Å². The van der Waals surface area contributed by atoms with Crippen molar-refractivity contribution in [1.82, 2.24) is 0 Å². The van der Waals surface area contributed by atoms with Crippen molar-refractivity contribution < 1.29 is 15.2 Å². The molecule has 1 heterocycles. The first-order chi connectivity index (χ1) is 9.34. The Balaban J connectivity index is 2.45. The van der Waals surface area contributed by atoms with Crippen LogP contribution in [0.2, 0.25) is 0 Å². The van der Waals surface area contributed by atoms with Crippen LogP contribution in [-0.2, 0) is 0 Å². The normalized spacial score (nSPS) is 23.1. The van der Waals surface area contributed by atoms with E-state index in [1.807, 2.05) is 4.90 Å². The van der Waals surface area contributed by atoms with E-state index in [-0.39, 0.29) is 17.1 Å². The van der Waals surface area contributed by atoms with Gasteiger partial charge in [-0.1, -0.05) is 5.16 Å². The maximum absolute atomic E-state index is 10.8. The second-order valence-electron chi connectivity index (χ2n) is 5.11. The van der Waals surface area contributed by atoms with E-state index >= 15 is 0 Å². The van der Waals surface area contributed by atoms with Gasteiger partial charge in [0.15, 0.2) is 5.84 Å². The summed E-state index contributed by atoms with van der Waals surface area (Å²) in [5, 5.41) is 32.5. The predicted octanol–water partition coefficient (Wildman–Crippen LogP) is 0.650. The lowest BCUT2D eigenvalue weighted by Crippen LogP contribution is -2.31. The number of rotatable bonds is 3. The molecule has 8 heteroatoms. The van der Waals surface area contributed by atoms with Crippen LogP contribution in [0.5, 0.6) is 0 Å². The number of non-ortho nitro benzene ring substituents is 1. The van der Waals surface area contributed by atoms with E-state index in [0.717, 1.165) is 0 Å². The first-order valence-corrected chi connectivity index (χ1v) is 6.08. The van der Waals surface area contributed by atoms with E-state index in [1.54, 1.807) is 13.0 Å². The van der Waals surface area contributed by atoms with Crippen molar-refractivity contribution in [3.63, 3.8) is 0 Å². The molecule has 2 rings (SSSR count). The van der Waals surface area contributed by atoms with Gasteiger partial charge >= 0.3 is 0 Å². The zero-order chi connectivity index (χ0) is 14.9. The van der Waals surface area contributed by atoms with Crippen molar-refractivity contribution >= 4 is 17.2 Å². The summed E-state index contributed by atoms with van der Waals surface area (Å²) in [5.74, 6) is -0.199. The first-order valence-electron chi connectivity index (χ1n) is 6.08. The molecule has 1 aromatic carbocycles. The number of β-amino-alcohol motifs (C(OH)–C–C–N with tert-alkyl or cyclic N) is 1. The Bertz CT molecular complexity index is 571. The quantitative estimate of drug-likeness (QED) is 0.245. The molecule has 1 aliphatic heterocycles. The van der Waals surface area contributed by atoms with Gasteiger partial charge in [-0.15, -0.1) is 0 Å². The molecule has 1 unspecified atom stereocenters. The third kappa shape index (κ3) is 2.64. The molecule has 0 saturated carbocycles. The summed E-state index contributed by atoms with van der Waals surface area (Å²) in [6, 6.07) is 4.17. The molecular weight excluding hydrogens is 264 g/mol. The lowest BCUT2D eigenvalue weighted by molar-refractivity contribution is -0.384. The molecule has 0 aromatic heterocycles. The molecule has 0 bridgehead atoms. The Morgan fingerprint density at radius 3 is 2.80 bits per heavy atom. The standard InChI is InChI=1S/C12H16N4O4/c1-12(17)4-5-15(7-12)10-3-2-8(16(19)20)6-9(10)11(13)14-18/h2-3,6,17-18H,4-5,7H2,1H3,(H2,13,14). The van der Waals surface area contributed by atoms with Gasteiger partial charge in [0, 0.05) is 30.9 Å². The summed E-state index contributed by atoms with van der Waals surface area (Å²) in [4.78, 5) is 12.1. The van der Waals surface area contributed by atoms with Crippen LogP contribution in [0.25, 0.3) is 0 Å². The minimum absolute atomic E-state index is 0.138. The van der Waals surface area contributed by atoms with Crippen molar-refractivity contribution in [2.75, 3.05) is 18.0 Å². The molecule has 0 amide bonds. The number of aliphatic hydroxyl groups is 1. The molecule has 1 aliphatic rings. The molecule has 1 saturated heterocycles. The van der Waals surface area contributed by atoms with Gasteiger partial charge in [0.05, 0.1) is 16.1 Å². The number of nitro groups is 1. The van der Waals surface area contributed by atoms with Crippen molar-refractivity contribution in [2.45, 2.75) is 18.9 Å². The molecule has 1 fully saturated rings. The zero-order valence-corrected chi connectivity index (χ0v) is 11.0. The summed E-state index contributed by atoms with van der Waals surface area (Å²) >= 11 is 0. The lowest BCUT2D eigenvalue weighted by atomic mass is 10.1. The lowest BCUT2D eigenvalue weighted by Gasteiger charge is -2.23. The van der Waals surface area contributed by atoms with Gasteiger partial charge in [0.2, 0.25) is 0 Å². The number of nitro benzene ring substituents is 1. The van der Waals surface area contributed by atoms with Crippen LogP contribution < -0.4 is 10.6 Å². The van der Waals surface area contributed by atoms with Gasteiger partial charge in [-0.2, -0.15) is 0 Å². The van der Waals surface area contributed by atoms with E-state index in [2.05, 4.69) is 5.16 Å². The van der Waals surface area contributed by atoms with E-state index in [1.165, 1.54) is 12.1 Å². The van der Waals surface area contributed by atoms with Gasteiger partial charge in [-0.05, 0) is 19.4 Å². The Labute approximate surface area is 115 Å². The van der Waals surface area contributed by atoms with Crippen molar-refractivity contribution in [3.05, 3.63) is 33.9 Å². The highest BCUT2D eigenvalue weighted by Crippen LogP contribution is 2.31. The maximum atomic E-state index is 10.8. The molecule has 108 valence electrons. The van der Waals surface area contributed by atoms with Crippen LogP contribution in [0.3, 0.4) is 0 Å². The molecule has 0 spiro atoms. The number of amidine groups is 1. The summed E-state index contributed by atoms with van der Waals surface area (Å²) in [7, 11) is 0. The highest BCUT2D eigenvalue weighted by Gasteiger charge is 2.33. The average molecular weight is 280 g/mol. The number of anilines is 1. The van der Waals surface area contributed by atoms with Crippen LogP contribution in [-0.4, -0.2) is 39.8 Å². The van der Waals surface area contributed by atoms with Crippen LogP contribution in [0.4, 0.5) is 11.4 Å². The SMILES string of the molecule is CC1(O)CCN(c2ccc([N+](=O)[O-])cc2/C(N)=N/O)C1. The molecule has 8 nitrogen and oxygen atoms in total. The van der Waals surface area contributed by atoms with Crippen molar-refractivity contribution in [1.29, 1.82) is 0 Å². The largest absolute Gasteiger partial charge is 0.409 e. The average Bonchev–Trinajstić information content (AvgIpc) is 2.77. The topological polar surface area (TPSA) is 125 Å². The number of oxime groups is 1. The Morgan fingerprint density at radius 1 is 1.60 bits per heavy atom. The van der Waals surface area contributed by atoms with E-state index in [4.69, 9.17) is 10.9 Å². The molecule has 4 N–H and O–H groups in total. The smallest absolute Gasteiger partial charge is 0.270 e. The van der Waals surface area contributed by atoms with Crippen molar-refractivity contribution in [2.24, 2.45) is 10.9 Å². The van der Waals surface area contributed by atoms with Gasteiger partial charge in [-0.25, -0.2) is 0 Å². The summed E-state index contributed by atoms with van der Waals surface area (Å²) in [5.41, 5.74) is 5.51. The molecule has 1 atom stereocenters. The minimum atomic E-state index is -0.815. The van der Waals surface area contributed by atoms with Gasteiger partial charge in [0.25, 0.3) is 5.69 Å².